The molecule has 0 radical (unpaired) electrons. The Morgan fingerprint density at radius 2 is 1.86 bits per heavy atom. The summed E-state index contributed by atoms with van der Waals surface area (Å²) in [7, 11) is -5.10. The Morgan fingerprint density at radius 1 is 1.17 bits per heavy atom. The standard InChI is InChI=1S/C19H29ClN5O9P/c20-18-23-15(22-10-4-2-1-3-5-10)11-6-21-25(16(11)24-18)17-14(29)13(28)12(34-17)7-33-19(8-26,9-27)35(30,31)32/h6,10,12-14,17,26-29H,1-5,7-9H2,(H,22,23,24)(H2,30,31,32)/t12-,13-,14-,17-/m1/s1. The monoisotopic (exact) mass is 537 g/mol. The summed E-state index contributed by atoms with van der Waals surface area (Å²) in [6.07, 6.45) is 1.32. The minimum atomic E-state index is -5.10. The van der Waals surface area contributed by atoms with Gasteiger partial charge in [0.05, 0.1) is 31.4 Å². The number of nitrogens with one attached hydrogen (secondary N) is 1. The minimum absolute atomic E-state index is 0.0530. The molecule has 1 saturated carbocycles. The van der Waals surface area contributed by atoms with E-state index in [2.05, 4.69) is 20.4 Å². The summed E-state index contributed by atoms with van der Waals surface area (Å²) in [4.78, 5) is 27.4. The van der Waals surface area contributed by atoms with Crippen LogP contribution in [0.25, 0.3) is 11.0 Å². The molecule has 7 N–H and O–H groups in total. The molecule has 0 spiro atoms. The molecule has 1 saturated heterocycles. The second kappa shape index (κ2) is 10.5. The van der Waals surface area contributed by atoms with Crippen LogP contribution < -0.4 is 5.32 Å². The highest BCUT2D eigenvalue weighted by Gasteiger charge is 2.51. The van der Waals surface area contributed by atoms with Crippen molar-refractivity contribution >= 4 is 36.0 Å². The fourth-order valence-corrected chi connectivity index (χ4v) is 5.13. The average Bonchev–Trinajstić information content (AvgIpc) is 3.36. The Balaban J connectivity index is 1.55. The minimum Gasteiger partial charge on any atom is -0.393 e. The van der Waals surface area contributed by atoms with Crippen LogP contribution in [0.2, 0.25) is 5.28 Å². The molecule has 16 heteroatoms. The van der Waals surface area contributed by atoms with E-state index in [-0.39, 0.29) is 17.0 Å². The van der Waals surface area contributed by atoms with Crippen LogP contribution in [0.1, 0.15) is 38.3 Å². The number of halogens is 1. The van der Waals surface area contributed by atoms with Gasteiger partial charge in [0, 0.05) is 6.04 Å². The fourth-order valence-electron chi connectivity index (χ4n) is 4.35. The lowest BCUT2D eigenvalue weighted by molar-refractivity contribution is -0.121. The van der Waals surface area contributed by atoms with Crippen LogP contribution in [-0.2, 0) is 14.0 Å². The molecule has 4 rings (SSSR count). The number of aliphatic hydroxyl groups is 4. The summed E-state index contributed by atoms with van der Waals surface area (Å²) < 4.78 is 23.8. The molecule has 2 aliphatic rings. The zero-order chi connectivity index (χ0) is 25.4. The molecule has 2 aromatic rings. The maximum Gasteiger partial charge on any atom is 0.361 e. The van der Waals surface area contributed by atoms with Gasteiger partial charge in [0.15, 0.2) is 11.9 Å². The van der Waals surface area contributed by atoms with E-state index in [4.69, 9.17) is 21.1 Å². The molecule has 0 amide bonds. The molecule has 3 heterocycles. The lowest BCUT2D eigenvalue weighted by Crippen LogP contribution is -2.44. The van der Waals surface area contributed by atoms with Crippen molar-refractivity contribution in [3.63, 3.8) is 0 Å². The highest BCUT2D eigenvalue weighted by atomic mass is 35.5. The molecule has 1 aliphatic carbocycles. The van der Waals surface area contributed by atoms with E-state index in [0.717, 1.165) is 25.7 Å². The second-order valence-electron chi connectivity index (χ2n) is 8.81. The van der Waals surface area contributed by atoms with Gasteiger partial charge in [-0.1, -0.05) is 19.3 Å². The third-order valence-electron chi connectivity index (χ3n) is 6.49. The van der Waals surface area contributed by atoms with Gasteiger partial charge in [-0.15, -0.1) is 0 Å². The molecule has 4 atom stereocenters. The molecule has 0 unspecified atom stereocenters. The van der Waals surface area contributed by atoms with E-state index in [1.165, 1.54) is 17.3 Å². The molecule has 196 valence electrons. The van der Waals surface area contributed by atoms with Crippen molar-refractivity contribution in [2.75, 3.05) is 25.1 Å². The van der Waals surface area contributed by atoms with Crippen LogP contribution in [-0.4, -0.2) is 99.5 Å². The van der Waals surface area contributed by atoms with Gasteiger partial charge in [0.1, 0.15) is 24.1 Å². The predicted octanol–water partition coefficient (Wildman–Crippen LogP) is -0.281. The fraction of sp³-hybridized carbons (Fsp3) is 0.737. The molecule has 14 nitrogen and oxygen atoms in total. The van der Waals surface area contributed by atoms with Crippen LogP contribution >= 0.6 is 19.2 Å². The van der Waals surface area contributed by atoms with Crippen LogP contribution in [0.15, 0.2) is 6.20 Å². The summed E-state index contributed by atoms with van der Waals surface area (Å²) in [6, 6.07) is 0.227. The Labute approximate surface area is 205 Å². The topological polar surface area (TPSA) is 213 Å². The molecule has 0 bridgehead atoms. The van der Waals surface area contributed by atoms with Gasteiger partial charge in [-0.2, -0.15) is 15.1 Å². The molecule has 2 fully saturated rings. The highest BCUT2D eigenvalue weighted by Crippen LogP contribution is 2.51. The third kappa shape index (κ3) is 5.18. The van der Waals surface area contributed by atoms with Crippen molar-refractivity contribution in [2.24, 2.45) is 0 Å². The van der Waals surface area contributed by atoms with Gasteiger partial charge in [0.25, 0.3) is 0 Å². The molecule has 1 aliphatic heterocycles. The smallest absolute Gasteiger partial charge is 0.361 e. The van der Waals surface area contributed by atoms with Gasteiger partial charge in [-0.05, 0) is 24.4 Å². The van der Waals surface area contributed by atoms with Crippen molar-refractivity contribution in [1.29, 1.82) is 0 Å². The van der Waals surface area contributed by atoms with E-state index in [1.54, 1.807) is 0 Å². The van der Waals surface area contributed by atoms with Crippen LogP contribution in [0, 0.1) is 0 Å². The first-order valence-corrected chi connectivity index (χ1v) is 13.2. The quantitative estimate of drug-likeness (QED) is 0.162. The van der Waals surface area contributed by atoms with Crippen molar-refractivity contribution in [2.45, 2.75) is 68.0 Å². The zero-order valence-corrected chi connectivity index (χ0v) is 20.3. The second-order valence-corrected chi connectivity index (χ2v) is 11.1. The van der Waals surface area contributed by atoms with E-state index in [0.29, 0.717) is 11.2 Å². The number of fused-ring (bicyclic) bond motifs is 1. The van der Waals surface area contributed by atoms with E-state index in [9.17, 15) is 34.8 Å². The molecule has 35 heavy (non-hydrogen) atoms. The number of aromatic nitrogens is 4. The zero-order valence-electron chi connectivity index (χ0n) is 18.6. The predicted molar refractivity (Wildman–Crippen MR) is 122 cm³/mol. The van der Waals surface area contributed by atoms with Gasteiger partial charge in [-0.25, -0.2) is 4.68 Å². The molecular weight excluding hydrogens is 509 g/mol. The first-order valence-electron chi connectivity index (χ1n) is 11.2. The molecular formula is C19H29ClN5O9P. The van der Waals surface area contributed by atoms with Crippen molar-refractivity contribution < 1.29 is 44.3 Å². The molecule has 2 aromatic heterocycles. The summed E-state index contributed by atoms with van der Waals surface area (Å²) in [5.74, 6) is 0.489. The Morgan fingerprint density at radius 3 is 2.49 bits per heavy atom. The number of anilines is 1. The Hall–Kier alpha value is -1.45. The average molecular weight is 538 g/mol. The summed E-state index contributed by atoms with van der Waals surface area (Å²) in [5, 5.41) is 45.5. The Bertz CT molecular complexity index is 1070. The van der Waals surface area contributed by atoms with Crippen LogP contribution in [0.3, 0.4) is 0 Å². The van der Waals surface area contributed by atoms with Gasteiger partial charge < -0.3 is 45.0 Å². The van der Waals surface area contributed by atoms with Gasteiger partial charge in [-0.3, -0.25) is 4.57 Å². The number of hydrogen-bond acceptors (Lipinski definition) is 11. The summed E-state index contributed by atoms with van der Waals surface area (Å²) in [5.41, 5.74) is 0.247. The number of ether oxygens (including phenoxy) is 2. The Kier molecular flexibility index (Phi) is 7.98. The summed E-state index contributed by atoms with van der Waals surface area (Å²) >= 11 is 6.15. The maximum atomic E-state index is 11.7. The van der Waals surface area contributed by atoms with Crippen LogP contribution in [0.5, 0.6) is 0 Å². The number of rotatable bonds is 9. The van der Waals surface area contributed by atoms with E-state index >= 15 is 0 Å². The van der Waals surface area contributed by atoms with Crippen molar-refractivity contribution in [3.8, 4) is 0 Å². The normalized spacial score (nSPS) is 26.5. The highest BCUT2D eigenvalue weighted by molar-refractivity contribution is 7.53. The SMILES string of the molecule is O=P(O)(O)C(CO)(CO)OC[C@H]1O[C@@H](n2ncc3c(NC4CCCCC4)nc(Cl)nc32)[C@H](O)[C@@H]1O. The van der Waals surface area contributed by atoms with E-state index in [1.807, 2.05) is 0 Å². The number of hydrogen-bond donors (Lipinski definition) is 7. The van der Waals surface area contributed by atoms with Crippen LogP contribution in [0.4, 0.5) is 5.82 Å². The largest absolute Gasteiger partial charge is 0.393 e. The maximum absolute atomic E-state index is 11.7. The van der Waals surface area contributed by atoms with Gasteiger partial charge in [0.2, 0.25) is 10.6 Å². The van der Waals surface area contributed by atoms with Crippen molar-refractivity contribution in [1.82, 2.24) is 19.7 Å². The van der Waals surface area contributed by atoms with Crippen molar-refractivity contribution in [3.05, 3.63) is 11.5 Å². The first-order chi connectivity index (χ1) is 16.6. The lowest BCUT2D eigenvalue weighted by atomic mass is 9.95. The first kappa shape index (κ1) is 26.6. The summed E-state index contributed by atoms with van der Waals surface area (Å²) in [6.45, 7) is -3.01. The third-order valence-corrected chi connectivity index (χ3v) is 8.13. The number of nitrogens with zero attached hydrogens (tertiary/aromatic N) is 4. The number of aliphatic hydroxyl groups excluding tert-OH is 4. The molecule has 0 aromatic carbocycles. The van der Waals surface area contributed by atoms with E-state index < -0.39 is 57.3 Å². The van der Waals surface area contributed by atoms with Gasteiger partial charge >= 0.3 is 7.60 Å². The lowest BCUT2D eigenvalue weighted by Gasteiger charge is -2.31.